The van der Waals surface area contributed by atoms with E-state index in [-0.39, 0.29) is 6.09 Å². The summed E-state index contributed by atoms with van der Waals surface area (Å²) in [6, 6.07) is 3.68. The summed E-state index contributed by atoms with van der Waals surface area (Å²) in [5, 5.41) is 0. The van der Waals surface area contributed by atoms with E-state index < -0.39 is 0 Å². The Morgan fingerprint density at radius 2 is 2.27 bits per heavy atom. The summed E-state index contributed by atoms with van der Waals surface area (Å²) in [6.45, 7) is 2.92. The van der Waals surface area contributed by atoms with Crippen LogP contribution in [0.2, 0.25) is 0 Å². The van der Waals surface area contributed by atoms with Crippen LogP contribution in [0.5, 0.6) is 0 Å². The van der Waals surface area contributed by atoms with Gasteiger partial charge in [-0.15, -0.1) is 0 Å². The van der Waals surface area contributed by atoms with Gasteiger partial charge in [-0.1, -0.05) is 0 Å². The summed E-state index contributed by atoms with van der Waals surface area (Å²) in [5.74, 6) is 0. The molecule has 1 amide bonds. The summed E-state index contributed by atoms with van der Waals surface area (Å²) in [5.41, 5.74) is 8.23. The highest BCUT2D eigenvalue weighted by Crippen LogP contribution is 2.32. The normalized spacial score (nSPS) is 15.6. The van der Waals surface area contributed by atoms with Gasteiger partial charge in [0.25, 0.3) is 0 Å². The van der Waals surface area contributed by atoms with E-state index >= 15 is 0 Å². The lowest BCUT2D eigenvalue weighted by Gasteiger charge is -2.16. The van der Waals surface area contributed by atoms with Gasteiger partial charge in [0.15, 0.2) is 0 Å². The highest BCUT2D eigenvalue weighted by atomic mass is 79.9. The molecule has 1 aliphatic heterocycles. The number of benzene rings is 1. The van der Waals surface area contributed by atoms with E-state index in [1.807, 2.05) is 13.0 Å². The molecular formula is C10H11BrN2O2. The number of amides is 1. The number of anilines is 2. The Balaban J connectivity index is 2.43. The SMILES string of the molecule is Cc1cc(Br)c(N2CCOC2=O)cc1N. The van der Waals surface area contributed by atoms with Crippen LogP contribution in [0.15, 0.2) is 16.6 Å². The van der Waals surface area contributed by atoms with Crippen molar-refractivity contribution >= 4 is 33.4 Å². The minimum atomic E-state index is -0.320. The first kappa shape index (κ1) is 10.3. The molecule has 0 saturated carbocycles. The van der Waals surface area contributed by atoms with Crippen LogP contribution in [0.4, 0.5) is 16.2 Å². The smallest absolute Gasteiger partial charge is 0.414 e. The molecule has 4 nitrogen and oxygen atoms in total. The van der Waals surface area contributed by atoms with Gasteiger partial charge in [0.2, 0.25) is 0 Å². The molecule has 0 radical (unpaired) electrons. The van der Waals surface area contributed by atoms with Gasteiger partial charge in [-0.2, -0.15) is 0 Å². The number of rotatable bonds is 1. The number of hydrogen-bond acceptors (Lipinski definition) is 3. The number of hydrogen-bond donors (Lipinski definition) is 1. The Kier molecular flexibility index (Phi) is 2.56. The van der Waals surface area contributed by atoms with Crippen molar-refractivity contribution in [1.29, 1.82) is 0 Å². The Bertz CT molecular complexity index is 420. The third kappa shape index (κ3) is 1.79. The van der Waals surface area contributed by atoms with Gasteiger partial charge in [0.05, 0.1) is 12.2 Å². The zero-order valence-corrected chi connectivity index (χ0v) is 9.87. The van der Waals surface area contributed by atoms with Gasteiger partial charge in [0.1, 0.15) is 6.61 Å². The number of nitrogen functional groups attached to an aromatic ring is 1. The minimum absolute atomic E-state index is 0.320. The molecule has 0 atom stereocenters. The molecule has 0 unspecified atom stereocenters. The fourth-order valence-corrected chi connectivity index (χ4v) is 2.17. The number of aryl methyl sites for hydroxylation is 1. The number of carbonyl (C=O) groups is 1. The number of halogens is 1. The maximum Gasteiger partial charge on any atom is 0.414 e. The molecule has 1 saturated heterocycles. The molecule has 1 fully saturated rings. The van der Waals surface area contributed by atoms with Gasteiger partial charge in [0, 0.05) is 10.2 Å². The van der Waals surface area contributed by atoms with Crippen LogP contribution in [0, 0.1) is 6.92 Å². The molecule has 2 rings (SSSR count). The van der Waals surface area contributed by atoms with E-state index in [1.54, 1.807) is 11.0 Å². The number of ether oxygens (including phenoxy) is 1. The van der Waals surface area contributed by atoms with Crippen molar-refractivity contribution in [2.75, 3.05) is 23.8 Å². The van der Waals surface area contributed by atoms with Crippen molar-refractivity contribution in [3.8, 4) is 0 Å². The molecule has 5 heteroatoms. The molecule has 80 valence electrons. The van der Waals surface area contributed by atoms with Crippen LogP contribution in [-0.2, 0) is 4.74 Å². The summed E-state index contributed by atoms with van der Waals surface area (Å²) in [7, 11) is 0. The molecule has 1 aliphatic rings. The lowest BCUT2D eigenvalue weighted by molar-refractivity contribution is 0.181. The number of carbonyl (C=O) groups excluding carboxylic acids is 1. The molecule has 1 aromatic rings. The average Bonchev–Trinajstić information content (AvgIpc) is 2.58. The van der Waals surface area contributed by atoms with Gasteiger partial charge in [-0.05, 0) is 40.5 Å². The van der Waals surface area contributed by atoms with Crippen molar-refractivity contribution < 1.29 is 9.53 Å². The third-order valence-corrected chi connectivity index (χ3v) is 3.02. The zero-order valence-electron chi connectivity index (χ0n) is 8.29. The summed E-state index contributed by atoms with van der Waals surface area (Å²) in [6.07, 6.45) is -0.320. The van der Waals surface area contributed by atoms with Crippen LogP contribution >= 0.6 is 15.9 Å². The van der Waals surface area contributed by atoms with Gasteiger partial charge < -0.3 is 10.5 Å². The predicted molar refractivity (Wildman–Crippen MR) is 62.0 cm³/mol. The van der Waals surface area contributed by atoms with Crippen molar-refractivity contribution in [2.45, 2.75) is 6.92 Å². The molecule has 15 heavy (non-hydrogen) atoms. The predicted octanol–water partition coefficient (Wildman–Crippen LogP) is 2.30. The number of nitrogens with two attached hydrogens (primary N) is 1. The Hall–Kier alpha value is -1.23. The van der Waals surface area contributed by atoms with Crippen molar-refractivity contribution in [2.24, 2.45) is 0 Å². The van der Waals surface area contributed by atoms with Crippen LogP contribution in [0.1, 0.15) is 5.56 Å². The average molecular weight is 271 g/mol. The molecule has 0 spiro atoms. The second kappa shape index (κ2) is 3.73. The topological polar surface area (TPSA) is 55.6 Å². The minimum Gasteiger partial charge on any atom is -0.447 e. The first-order valence-electron chi connectivity index (χ1n) is 4.59. The molecule has 1 aromatic carbocycles. The van der Waals surface area contributed by atoms with Crippen LogP contribution < -0.4 is 10.6 Å². The molecule has 2 N–H and O–H groups in total. The molecule has 1 heterocycles. The molecule has 0 bridgehead atoms. The largest absolute Gasteiger partial charge is 0.447 e. The van der Waals surface area contributed by atoms with Crippen LogP contribution in [0.3, 0.4) is 0 Å². The van der Waals surface area contributed by atoms with E-state index in [2.05, 4.69) is 15.9 Å². The van der Waals surface area contributed by atoms with E-state index in [0.717, 1.165) is 15.7 Å². The fraction of sp³-hybridized carbons (Fsp3) is 0.300. The van der Waals surface area contributed by atoms with Crippen molar-refractivity contribution in [1.82, 2.24) is 0 Å². The fourth-order valence-electron chi connectivity index (χ4n) is 1.50. The van der Waals surface area contributed by atoms with Crippen molar-refractivity contribution in [3.63, 3.8) is 0 Å². The lowest BCUT2D eigenvalue weighted by Crippen LogP contribution is -2.23. The summed E-state index contributed by atoms with van der Waals surface area (Å²) in [4.78, 5) is 12.9. The quantitative estimate of drug-likeness (QED) is 0.797. The first-order chi connectivity index (χ1) is 7.09. The lowest BCUT2D eigenvalue weighted by atomic mass is 10.2. The van der Waals surface area contributed by atoms with E-state index in [0.29, 0.717) is 18.8 Å². The second-order valence-corrected chi connectivity index (χ2v) is 4.28. The van der Waals surface area contributed by atoms with E-state index in [9.17, 15) is 4.79 Å². The third-order valence-electron chi connectivity index (χ3n) is 2.39. The molecular weight excluding hydrogens is 260 g/mol. The van der Waals surface area contributed by atoms with Crippen LogP contribution in [0.25, 0.3) is 0 Å². The highest BCUT2D eigenvalue weighted by Gasteiger charge is 2.25. The monoisotopic (exact) mass is 270 g/mol. The molecule has 0 aliphatic carbocycles. The van der Waals surface area contributed by atoms with Crippen LogP contribution in [-0.4, -0.2) is 19.2 Å². The van der Waals surface area contributed by atoms with Gasteiger partial charge >= 0.3 is 6.09 Å². The van der Waals surface area contributed by atoms with Crippen molar-refractivity contribution in [3.05, 3.63) is 22.2 Å². The Morgan fingerprint density at radius 1 is 1.53 bits per heavy atom. The van der Waals surface area contributed by atoms with Gasteiger partial charge in [-0.3, -0.25) is 4.90 Å². The van der Waals surface area contributed by atoms with E-state index in [1.165, 1.54) is 0 Å². The summed E-state index contributed by atoms with van der Waals surface area (Å²) < 4.78 is 5.73. The zero-order chi connectivity index (χ0) is 11.0. The number of cyclic esters (lactones) is 1. The van der Waals surface area contributed by atoms with E-state index in [4.69, 9.17) is 10.5 Å². The Labute approximate surface area is 96.1 Å². The maximum absolute atomic E-state index is 11.4. The second-order valence-electron chi connectivity index (χ2n) is 3.43. The van der Waals surface area contributed by atoms with Gasteiger partial charge in [-0.25, -0.2) is 4.79 Å². The maximum atomic E-state index is 11.4. The highest BCUT2D eigenvalue weighted by molar-refractivity contribution is 9.10. The molecule has 0 aromatic heterocycles. The first-order valence-corrected chi connectivity index (χ1v) is 5.39. The standard InChI is InChI=1S/C10H11BrN2O2/c1-6-4-7(11)9(5-8(6)12)13-2-3-15-10(13)14/h4-5H,2-3,12H2,1H3. The summed E-state index contributed by atoms with van der Waals surface area (Å²) >= 11 is 3.41. The Morgan fingerprint density at radius 3 is 2.87 bits per heavy atom. The number of nitrogens with zero attached hydrogens (tertiary/aromatic N) is 1.